The average Bonchev–Trinajstić information content (AvgIpc) is 4.08. The lowest BCUT2D eigenvalue weighted by atomic mass is 9.98. The molecular formula is C46H53ClN8O6. The highest BCUT2D eigenvalue weighted by molar-refractivity contribution is 6.32. The predicted molar refractivity (Wildman–Crippen MR) is 232 cm³/mol. The van der Waals surface area contributed by atoms with E-state index in [-0.39, 0.29) is 41.8 Å². The van der Waals surface area contributed by atoms with Gasteiger partial charge in [0.1, 0.15) is 34.6 Å². The van der Waals surface area contributed by atoms with Crippen molar-refractivity contribution in [2.45, 2.75) is 90.0 Å². The summed E-state index contributed by atoms with van der Waals surface area (Å²) in [4.78, 5) is 69.5. The van der Waals surface area contributed by atoms with Gasteiger partial charge in [-0.25, -0.2) is 19.6 Å². The number of carbonyl (C=O) groups excluding carboxylic acids is 4. The number of rotatable bonds is 14. The van der Waals surface area contributed by atoms with Crippen molar-refractivity contribution in [3.8, 4) is 33.6 Å². The lowest BCUT2D eigenvalue weighted by Gasteiger charge is -2.31. The summed E-state index contributed by atoms with van der Waals surface area (Å²) in [6.07, 6.45) is 5.25. The van der Waals surface area contributed by atoms with Gasteiger partial charge in [-0.05, 0) is 77.0 Å². The average molecular weight is 849 g/mol. The fourth-order valence-corrected chi connectivity index (χ4v) is 8.83. The van der Waals surface area contributed by atoms with Gasteiger partial charge in [0.15, 0.2) is 0 Å². The Labute approximate surface area is 359 Å². The SMILES string of the molecule is COC(=O)N[C@H](C(=O)N[C@@H](CC1CC1)c1ncc(-c2ccc3cc(-c4ccc(-c5nc([C@@H]6C[C@H]7C[C@H]7N6C(=O)[C@@H](NC(=O)OC)C(C)C)[nH]c5Cl)cc4)ccc3c2)[nH]1)C(C)C. The van der Waals surface area contributed by atoms with Gasteiger partial charge >= 0.3 is 12.2 Å². The third-order valence-electron chi connectivity index (χ3n) is 12.3. The standard InChI is InChI=1S/C46H53ClN8O6/c1-23(2)37(52-45(58)60-5)43(56)50-33(17-25-7-8-25)41-48-22-34(49-41)31-16-15-29-18-28(13-14-30(29)19-31)26-9-11-27(12-10-26)39-40(47)54-42(51-39)36-21-32-20-35(32)55(36)44(57)38(24(3)4)53-46(59)61-6/h9-16,18-19,22-25,32-33,35-38H,7-8,17,20-21H2,1-6H3,(H,48,49)(H,50,56)(H,51,54)(H,52,58)(H,53,59)/t32-,33+,35-,36+,37+,38+/m1/s1. The van der Waals surface area contributed by atoms with E-state index >= 15 is 0 Å². The van der Waals surface area contributed by atoms with Crippen molar-refractivity contribution in [1.82, 2.24) is 40.8 Å². The third kappa shape index (κ3) is 8.95. The van der Waals surface area contributed by atoms with Crippen LogP contribution < -0.4 is 16.0 Å². The lowest BCUT2D eigenvalue weighted by Crippen LogP contribution is -2.52. The second kappa shape index (κ2) is 17.2. The van der Waals surface area contributed by atoms with Crippen LogP contribution in [0.3, 0.4) is 0 Å². The molecule has 14 nitrogen and oxygen atoms in total. The number of nitrogens with one attached hydrogen (secondary N) is 5. The van der Waals surface area contributed by atoms with Gasteiger partial charge in [-0.1, -0.05) is 101 Å². The second-order valence-electron chi connectivity index (χ2n) is 17.3. The number of aromatic amines is 2. The maximum Gasteiger partial charge on any atom is 0.407 e. The summed E-state index contributed by atoms with van der Waals surface area (Å²) in [5.41, 5.74) is 5.39. The van der Waals surface area contributed by atoms with E-state index < -0.39 is 24.3 Å². The van der Waals surface area contributed by atoms with E-state index in [0.29, 0.717) is 34.3 Å². The number of alkyl carbamates (subject to hydrolysis) is 2. The monoisotopic (exact) mass is 848 g/mol. The van der Waals surface area contributed by atoms with Gasteiger partial charge in [0.05, 0.1) is 38.2 Å². The van der Waals surface area contributed by atoms with Gasteiger partial charge in [-0.2, -0.15) is 0 Å². The number of likely N-dealkylation sites (tertiary alicyclic amines) is 1. The van der Waals surface area contributed by atoms with E-state index in [0.717, 1.165) is 70.8 Å². The summed E-state index contributed by atoms with van der Waals surface area (Å²) in [7, 11) is 2.57. The molecule has 3 fully saturated rings. The van der Waals surface area contributed by atoms with Crippen LogP contribution in [0.5, 0.6) is 0 Å². The number of hydrogen-bond acceptors (Lipinski definition) is 8. The molecular weight excluding hydrogens is 796 g/mol. The Morgan fingerprint density at radius 1 is 0.787 bits per heavy atom. The molecule has 3 aromatic carbocycles. The second-order valence-corrected chi connectivity index (χ2v) is 17.7. The number of amides is 4. The Morgan fingerprint density at radius 3 is 2.03 bits per heavy atom. The van der Waals surface area contributed by atoms with Gasteiger partial charge < -0.3 is 40.3 Å². The van der Waals surface area contributed by atoms with Crippen molar-refractivity contribution in [3.05, 3.63) is 83.7 Å². The van der Waals surface area contributed by atoms with Crippen LogP contribution >= 0.6 is 11.6 Å². The summed E-state index contributed by atoms with van der Waals surface area (Å²) < 4.78 is 9.55. The van der Waals surface area contributed by atoms with Gasteiger partial charge in [-0.15, -0.1) is 0 Å². The number of fused-ring (bicyclic) bond motifs is 2. The number of nitrogens with zero attached hydrogens (tertiary/aromatic N) is 3. The molecule has 5 N–H and O–H groups in total. The van der Waals surface area contributed by atoms with Crippen molar-refractivity contribution in [2.24, 2.45) is 23.7 Å². The molecule has 5 aromatic rings. The molecule has 0 unspecified atom stereocenters. The molecule has 1 aliphatic heterocycles. The van der Waals surface area contributed by atoms with E-state index in [1.54, 1.807) is 6.20 Å². The molecule has 3 heterocycles. The Hall–Kier alpha value is -5.89. The lowest BCUT2D eigenvalue weighted by molar-refractivity contribution is -0.136. The molecule has 320 valence electrons. The number of benzene rings is 3. The summed E-state index contributed by atoms with van der Waals surface area (Å²) in [5, 5.41) is 11.1. The smallest absolute Gasteiger partial charge is 0.407 e. The van der Waals surface area contributed by atoms with Crippen LogP contribution in [-0.4, -0.2) is 81.2 Å². The zero-order chi connectivity index (χ0) is 43.1. The molecule has 6 atom stereocenters. The molecule has 0 radical (unpaired) electrons. The molecule has 2 saturated carbocycles. The molecule has 1 saturated heterocycles. The minimum Gasteiger partial charge on any atom is -0.453 e. The van der Waals surface area contributed by atoms with Crippen molar-refractivity contribution in [1.29, 1.82) is 0 Å². The molecule has 2 aliphatic carbocycles. The Bertz CT molecular complexity index is 2440. The van der Waals surface area contributed by atoms with Gasteiger partial charge in [-0.3, -0.25) is 9.59 Å². The first-order valence-corrected chi connectivity index (χ1v) is 21.5. The maximum absolute atomic E-state index is 13.9. The van der Waals surface area contributed by atoms with E-state index in [4.69, 9.17) is 31.0 Å². The highest BCUT2D eigenvalue weighted by atomic mass is 35.5. The fourth-order valence-electron chi connectivity index (χ4n) is 8.58. The summed E-state index contributed by atoms with van der Waals surface area (Å²) >= 11 is 6.78. The van der Waals surface area contributed by atoms with Crippen LogP contribution in [0.2, 0.25) is 5.15 Å². The Kier molecular flexibility index (Phi) is 11.8. The number of methoxy groups -OCH3 is 2. The van der Waals surface area contributed by atoms with Crippen molar-refractivity contribution in [3.63, 3.8) is 0 Å². The van der Waals surface area contributed by atoms with E-state index in [9.17, 15) is 19.2 Å². The number of H-pyrrole nitrogens is 2. The normalized spacial score (nSPS) is 19.6. The number of halogens is 1. The third-order valence-corrected chi connectivity index (χ3v) is 12.6. The Morgan fingerprint density at radius 2 is 1.39 bits per heavy atom. The molecule has 61 heavy (non-hydrogen) atoms. The molecule has 4 amide bonds. The van der Waals surface area contributed by atoms with Crippen molar-refractivity contribution < 1.29 is 28.7 Å². The van der Waals surface area contributed by atoms with Gasteiger partial charge in [0.2, 0.25) is 11.8 Å². The number of aromatic nitrogens is 4. The quantitative estimate of drug-likeness (QED) is 0.0739. The minimum atomic E-state index is -0.739. The highest BCUT2D eigenvalue weighted by Gasteiger charge is 2.56. The van der Waals surface area contributed by atoms with E-state index in [1.807, 2.05) is 44.7 Å². The topological polar surface area (TPSA) is 183 Å². The van der Waals surface area contributed by atoms with E-state index in [2.05, 4.69) is 74.4 Å². The molecule has 2 aromatic heterocycles. The minimum absolute atomic E-state index is 0.120. The van der Waals surface area contributed by atoms with Crippen LogP contribution in [-0.2, 0) is 19.1 Å². The number of hydrogen-bond donors (Lipinski definition) is 5. The van der Waals surface area contributed by atoms with Crippen LogP contribution in [0.15, 0.2) is 66.9 Å². The van der Waals surface area contributed by atoms with Crippen molar-refractivity contribution in [2.75, 3.05) is 14.2 Å². The van der Waals surface area contributed by atoms with Crippen LogP contribution in [0.25, 0.3) is 44.4 Å². The van der Waals surface area contributed by atoms with Crippen LogP contribution in [0.1, 0.15) is 83.5 Å². The summed E-state index contributed by atoms with van der Waals surface area (Å²) in [6, 6.07) is 18.9. The summed E-state index contributed by atoms with van der Waals surface area (Å²) in [5.74, 6) is 1.56. The predicted octanol–water partition coefficient (Wildman–Crippen LogP) is 8.32. The molecule has 0 spiro atoms. The zero-order valence-electron chi connectivity index (χ0n) is 35.3. The first-order chi connectivity index (χ1) is 29.3. The number of imidazole rings is 2. The van der Waals surface area contributed by atoms with Crippen LogP contribution in [0.4, 0.5) is 9.59 Å². The molecule has 8 rings (SSSR count). The first-order valence-electron chi connectivity index (χ1n) is 21.1. The fraction of sp³-hybridized carbons (Fsp3) is 0.435. The Balaban J connectivity index is 0.960. The molecule has 0 bridgehead atoms. The van der Waals surface area contributed by atoms with E-state index in [1.165, 1.54) is 14.2 Å². The molecule has 15 heteroatoms. The van der Waals surface area contributed by atoms with Gasteiger partial charge in [0.25, 0.3) is 0 Å². The maximum atomic E-state index is 13.9. The number of carbonyl (C=O) groups is 4. The number of ether oxygens (including phenoxy) is 2. The van der Waals surface area contributed by atoms with Crippen molar-refractivity contribution >= 4 is 46.4 Å². The first kappa shape index (κ1) is 41.8. The number of piperidine rings is 1. The zero-order valence-corrected chi connectivity index (χ0v) is 36.0. The highest BCUT2D eigenvalue weighted by Crippen LogP contribution is 2.54. The van der Waals surface area contributed by atoms with Crippen LogP contribution in [0, 0.1) is 23.7 Å². The molecule has 3 aliphatic rings. The summed E-state index contributed by atoms with van der Waals surface area (Å²) in [6.45, 7) is 7.57. The largest absolute Gasteiger partial charge is 0.453 e. The van der Waals surface area contributed by atoms with Gasteiger partial charge in [0, 0.05) is 17.2 Å².